The fourth-order valence-corrected chi connectivity index (χ4v) is 4.45. The van der Waals surface area contributed by atoms with Crippen molar-refractivity contribution in [2.45, 2.75) is 18.3 Å². The van der Waals surface area contributed by atoms with Gasteiger partial charge >= 0.3 is 6.18 Å². The number of carbonyl (C=O) groups excluding carboxylic acids is 2. The fourth-order valence-electron chi connectivity index (χ4n) is 4.22. The van der Waals surface area contributed by atoms with Crippen molar-refractivity contribution in [1.82, 2.24) is 5.32 Å². The molecule has 0 radical (unpaired) electrons. The summed E-state index contributed by atoms with van der Waals surface area (Å²) < 4.78 is 72.6. The first-order chi connectivity index (χ1) is 17.5. The third kappa shape index (κ3) is 4.96. The Balaban J connectivity index is 1.59. The lowest BCUT2D eigenvalue weighted by Crippen LogP contribution is -2.40. The van der Waals surface area contributed by atoms with Crippen LogP contribution in [0.4, 0.5) is 33.3 Å². The number of hydrogen-bond donors (Lipinski definition) is 3. The van der Waals surface area contributed by atoms with Gasteiger partial charge in [-0.1, -0.05) is 11.6 Å². The maximum atomic E-state index is 14.0. The molecule has 6 nitrogen and oxygen atoms in total. The summed E-state index contributed by atoms with van der Waals surface area (Å²) in [5.74, 6) is -3.43. The molecule has 1 saturated heterocycles. The van der Waals surface area contributed by atoms with E-state index in [1.54, 1.807) is 0 Å². The first-order valence-electron chi connectivity index (χ1n) is 11.0. The number of amides is 2. The summed E-state index contributed by atoms with van der Waals surface area (Å²) in [5.41, 5.74) is -0.850. The van der Waals surface area contributed by atoms with Gasteiger partial charge in [0.15, 0.2) is 0 Å². The highest BCUT2D eigenvalue weighted by Crippen LogP contribution is 2.41. The Morgan fingerprint density at radius 3 is 2.46 bits per heavy atom. The highest BCUT2D eigenvalue weighted by Gasteiger charge is 2.36. The van der Waals surface area contributed by atoms with E-state index in [0.717, 1.165) is 12.1 Å². The van der Waals surface area contributed by atoms with Gasteiger partial charge in [0.2, 0.25) is 0 Å². The summed E-state index contributed by atoms with van der Waals surface area (Å²) in [6.45, 7) is 0.825. The molecule has 0 aliphatic carbocycles. The Morgan fingerprint density at radius 2 is 1.78 bits per heavy atom. The van der Waals surface area contributed by atoms with E-state index in [1.807, 2.05) is 0 Å². The van der Waals surface area contributed by atoms with Gasteiger partial charge in [0.05, 0.1) is 30.9 Å². The SMILES string of the molecule is O=C(Nc1cc(NC2COC2)cc2c1[C@@H](c1cc(F)ccc1Cl)NC2=O)c1cc(F)cc(C(F)(F)F)c1. The van der Waals surface area contributed by atoms with Crippen LogP contribution in [0.15, 0.2) is 48.5 Å². The standard InChI is InChI=1S/C25H17ClF5N3O3/c26-19-2-1-13(27)6-17(19)22-21-18(24(36)34-22)7-15(32-16-9-37-10-16)8-20(21)33-23(35)11-3-12(25(29,30)31)5-14(28)4-11/h1-8,16,22,32H,9-10H2,(H,33,35)(H,34,36)/t22-/m1/s1. The summed E-state index contributed by atoms with van der Waals surface area (Å²) in [5, 5.41) is 8.48. The van der Waals surface area contributed by atoms with Crippen molar-refractivity contribution in [3.05, 3.63) is 93.0 Å². The third-order valence-electron chi connectivity index (χ3n) is 6.00. The van der Waals surface area contributed by atoms with Crippen molar-refractivity contribution in [3.63, 3.8) is 0 Å². The molecule has 3 aromatic rings. The fraction of sp³-hybridized carbons (Fsp3) is 0.200. The largest absolute Gasteiger partial charge is 0.416 e. The molecule has 0 unspecified atom stereocenters. The van der Waals surface area contributed by atoms with Gasteiger partial charge in [-0.25, -0.2) is 8.78 Å². The summed E-state index contributed by atoms with van der Waals surface area (Å²) in [6.07, 6.45) is -4.87. The maximum Gasteiger partial charge on any atom is 0.416 e. The normalized spacial score (nSPS) is 17.1. The molecule has 1 atom stereocenters. The van der Waals surface area contributed by atoms with Crippen molar-refractivity contribution < 1.29 is 36.3 Å². The van der Waals surface area contributed by atoms with Gasteiger partial charge in [0.1, 0.15) is 11.6 Å². The van der Waals surface area contributed by atoms with E-state index in [2.05, 4.69) is 16.0 Å². The number of alkyl halides is 3. The van der Waals surface area contributed by atoms with Crippen LogP contribution in [0.3, 0.4) is 0 Å². The third-order valence-corrected chi connectivity index (χ3v) is 6.35. The molecule has 0 aromatic heterocycles. The first-order valence-corrected chi connectivity index (χ1v) is 11.3. The van der Waals surface area contributed by atoms with Gasteiger partial charge in [0.25, 0.3) is 11.8 Å². The molecule has 3 aromatic carbocycles. The lowest BCUT2D eigenvalue weighted by molar-refractivity contribution is -0.137. The molecule has 2 amide bonds. The zero-order valence-corrected chi connectivity index (χ0v) is 19.4. The van der Waals surface area contributed by atoms with Gasteiger partial charge in [-0.3, -0.25) is 9.59 Å². The number of hydrogen-bond acceptors (Lipinski definition) is 4. The molecule has 5 rings (SSSR count). The molecule has 3 N–H and O–H groups in total. The van der Waals surface area contributed by atoms with Crippen LogP contribution >= 0.6 is 11.6 Å². The van der Waals surface area contributed by atoms with Crippen LogP contribution in [-0.4, -0.2) is 31.1 Å². The molecule has 37 heavy (non-hydrogen) atoms. The lowest BCUT2D eigenvalue weighted by atomic mass is 9.95. The minimum atomic E-state index is -4.87. The smallest absolute Gasteiger partial charge is 0.378 e. The van der Waals surface area contributed by atoms with Gasteiger partial charge in [-0.05, 0) is 48.5 Å². The second-order valence-electron chi connectivity index (χ2n) is 8.62. The van der Waals surface area contributed by atoms with Crippen LogP contribution in [0.2, 0.25) is 5.02 Å². The molecular weight excluding hydrogens is 521 g/mol. The zero-order chi connectivity index (χ0) is 26.5. The maximum absolute atomic E-state index is 14.0. The zero-order valence-electron chi connectivity index (χ0n) is 18.7. The average Bonchev–Trinajstić information content (AvgIpc) is 3.13. The van der Waals surface area contributed by atoms with Gasteiger partial charge in [-0.2, -0.15) is 13.2 Å². The highest BCUT2D eigenvalue weighted by atomic mass is 35.5. The summed E-state index contributed by atoms with van der Waals surface area (Å²) in [7, 11) is 0. The van der Waals surface area contributed by atoms with Gasteiger partial charge < -0.3 is 20.7 Å². The van der Waals surface area contributed by atoms with E-state index < -0.39 is 46.8 Å². The summed E-state index contributed by atoms with van der Waals surface area (Å²) >= 11 is 6.27. The van der Waals surface area contributed by atoms with E-state index in [-0.39, 0.29) is 39.5 Å². The van der Waals surface area contributed by atoms with Crippen molar-refractivity contribution in [2.75, 3.05) is 23.8 Å². The number of carbonyl (C=O) groups is 2. The monoisotopic (exact) mass is 537 g/mol. The number of halogens is 6. The van der Waals surface area contributed by atoms with Crippen molar-refractivity contribution in [2.24, 2.45) is 0 Å². The molecule has 1 fully saturated rings. The quantitative estimate of drug-likeness (QED) is 0.374. The number of fused-ring (bicyclic) bond motifs is 1. The highest BCUT2D eigenvalue weighted by molar-refractivity contribution is 6.31. The molecule has 2 aliphatic heterocycles. The molecule has 2 aliphatic rings. The van der Waals surface area contributed by atoms with Crippen molar-refractivity contribution >= 4 is 34.8 Å². The molecule has 2 heterocycles. The average molecular weight is 538 g/mol. The summed E-state index contributed by atoms with van der Waals surface area (Å²) in [6, 6.07) is 7.06. The Labute approximate surface area is 211 Å². The summed E-state index contributed by atoms with van der Waals surface area (Å²) in [4.78, 5) is 25.9. The van der Waals surface area contributed by atoms with Crippen molar-refractivity contribution in [3.8, 4) is 0 Å². The topological polar surface area (TPSA) is 79.5 Å². The number of benzene rings is 3. The number of nitrogens with one attached hydrogen (secondary N) is 3. The van der Waals surface area contributed by atoms with Crippen LogP contribution in [-0.2, 0) is 10.9 Å². The number of rotatable bonds is 5. The Kier molecular flexibility index (Phi) is 6.28. The second-order valence-corrected chi connectivity index (χ2v) is 9.02. The van der Waals surface area contributed by atoms with Gasteiger partial charge in [0, 0.05) is 38.7 Å². The van der Waals surface area contributed by atoms with Crippen LogP contribution in [0.1, 0.15) is 43.4 Å². The van der Waals surface area contributed by atoms with E-state index in [4.69, 9.17) is 16.3 Å². The molecular formula is C25H17ClF5N3O3. The van der Waals surface area contributed by atoms with Crippen LogP contribution in [0, 0.1) is 11.6 Å². The minimum Gasteiger partial charge on any atom is -0.378 e. The Bertz CT molecular complexity index is 1430. The number of ether oxygens (including phenoxy) is 1. The van der Waals surface area contributed by atoms with Crippen LogP contribution < -0.4 is 16.0 Å². The predicted octanol–water partition coefficient (Wildman–Crippen LogP) is 5.53. The molecule has 192 valence electrons. The van der Waals surface area contributed by atoms with E-state index in [0.29, 0.717) is 31.0 Å². The minimum absolute atomic E-state index is 0.0479. The number of anilines is 2. The lowest BCUT2D eigenvalue weighted by Gasteiger charge is -2.28. The Hall–Kier alpha value is -3.70. The van der Waals surface area contributed by atoms with Crippen LogP contribution in [0.5, 0.6) is 0 Å². The molecule has 0 bridgehead atoms. The van der Waals surface area contributed by atoms with Gasteiger partial charge in [-0.15, -0.1) is 0 Å². The van der Waals surface area contributed by atoms with E-state index in [1.165, 1.54) is 18.2 Å². The molecule has 0 spiro atoms. The second kappa shape index (κ2) is 9.31. The first kappa shape index (κ1) is 25.0. The van der Waals surface area contributed by atoms with E-state index in [9.17, 15) is 31.5 Å². The van der Waals surface area contributed by atoms with Crippen LogP contribution in [0.25, 0.3) is 0 Å². The van der Waals surface area contributed by atoms with Crippen molar-refractivity contribution in [1.29, 1.82) is 0 Å². The molecule has 12 heteroatoms. The Morgan fingerprint density at radius 1 is 1.03 bits per heavy atom. The molecule has 0 saturated carbocycles. The predicted molar refractivity (Wildman–Crippen MR) is 125 cm³/mol. The van der Waals surface area contributed by atoms with E-state index >= 15 is 0 Å².